The van der Waals surface area contributed by atoms with E-state index in [0.717, 1.165) is 24.3 Å². The minimum Gasteiger partial charge on any atom is -0.495 e. The van der Waals surface area contributed by atoms with Gasteiger partial charge in [-0.3, -0.25) is 4.98 Å². The first-order valence-corrected chi connectivity index (χ1v) is 4.30. The molecule has 0 amide bonds. The molecular formula is C11H11NO. The minimum absolute atomic E-state index is 0.132. The predicted octanol–water partition coefficient (Wildman–Crippen LogP) is 1.75. The summed E-state index contributed by atoms with van der Waals surface area (Å²) >= 11 is 0. The summed E-state index contributed by atoms with van der Waals surface area (Å²) in [5.41, 5.74) is 0.784. The number of hydrogen-bond acceptors (Lipinski definition) is 2. The van der Waals surface area contributed by atoms with Crippen LogP contribution in [0.2, 0.25) is 0 Å². The first kappa shape index (κ1) is 8.12. The molecule has 1 saturated carbocycles. The van der Waals surface area contributed by atoms with E-state index in [-0.39, 0.29) is 5.41 Å². The molecule has 1 aromatic heterocycles. The van der Waals surface area contributed by atoms with Crippen molar-refractivity contribution in [2.75, 3.05) is 7.11 Å². The number of pyridine rings is 1. The van der Waals surface area contributed by atoms with Crippen molar-refractivity contribution in [2.45, 2.75) is 18.3 Å². The van der Waals surface area contributed by atoms with Gasteiger partial charge in [-0.2, -0.15) is 0 Å². The second-order valence-corrected chi connectivity index (χ2v) is 3.28. The molecule has 1 fully saturated rings. The first-order valence-electron chi connectivity index (χ1n) is 4.30. The van der Waals surface area contributed by atoms with Gasteiger partial charge in [0.1, 0.15) is 11.4 Å². The van der Waals surface area contributed by atoms with Gasteiger partial charge in [0.15, 0.2) is 0 Å². The lowest BCUT2D eigenvalue weighted by Gasteiger charge is -2.10. The van der Waals surface area contributed by atoms with Crippen LogP contribution in [0.3, 0.4) is 0 Å². The van der Waals surface area contributed by atoms with E-state index in [4.69, 9.17) is 11.2 Å². The van der Waals surface area contributed by atoms with Crippen LogP contribution >= 0.6 is 0 Å². The number of nitrogens with zero attached hydrogens (tertiary/aromatic N) is 1. The van der Waals surface area contributed by atoms with Crippen molar-refractivity contribution in [1.82, 2.24) is 4.98 Å². The molecule has 0 bridgehead atoms. The molecule has 0 unspecified atom stereocenters. The van der Waals surface area contributed by atoms with Crippen LogP contribution in [0.5, 0.6) is 5.75 Å². The van der Waals surface area contributed by atoms with Crippen molar-refractivity contribution in [3.63, 3.8) is 0 Å². The largest absolute Gasteiger partial charge is 0.495 e. The number of aromatic nitrogens is 1. The standard InChI is InChI=1S/C11H11NO/c1-3-11(6-7-11)10-9(13-2)5-4-8-12-10/h1,4-5,8H,6-7H2,2H3. The van der Waals surface area contributed by atoms with E-state index in [0.29, 0.717) is 0 Å². The number of terminal acetylenes is 1. The highest BCUT2D eigenvalue weighted by Crippen LogP contribution is 2.49. The van der Waals surface area contributed by atoms with Crippen LogP contribution in [0.4, 0.5) is 0 Å². The molecule has 1 aliphatic rings. The monoisotopic (exact) mass is 173 g/mol. The van der Waals surface area contributed by atoms with Crippen molar-refractivity contribution >= 4 is 0 Å². The Balaban J connectivity index is 2.46. The van der Waals surface area contributed by atoms with Crippen molar-refractivity contribution in [3.8, 4) is 18.1 Å². The zero-order valence-corrected chi connectivity index (χ0v) is 7.58. The van der Waals surface area contributed by atoms with Crippen molar-refractivity contribution in [2.24, 2.45) is 0 Å². The summed E-state index contributed by atoms with van der Waals surface area (Å²) in [6, 6.07) is 3.76. The smallest absolute Gasteiger partial charge is 0.141 e. The molecule has 2 rings (SSSR count). The summed E-state index contributed by atoms with van der Waals surface area (Å²) in [6.45, 7) is 0. The fraction of sp³-hybridized carbons (Fsp3) is 0.364. The summed E-state index contributed by atoms with van der Waals surface area (Å²) in [6.07, 6.45) is 9.29. The highest BCUT2D eigenvalue weighted by Gasteiger charge is 2.46. The number of hydrogen-bond donors (Lipinski definition) is 0. The third-order valence-electron chi connectivity index (χ3n) is 2.47. The van der Waals surface area contributed by atoms with Gasteiger partial charge in [-0.1, -0.05) is 5.92 Å². The molecule has 0 atom stereocenters. The Morgan fingerprint density at radius 3 is 2.92 bits per heavy atom. The fourth-order valence-corrected chi connectivity index (χ4v) is 1.49. The SMILES string of the molecule is C#CC1(c2ncccc2OC)CC1. The molecule has 2 heteroatoms. The summed E-state index contributed by atoms with van der Waals surface area (Å²) in [4.78, 5) is 4.29. The van der Waals surface area contributed by atoms with Crippen molar-refractivity contribution < 1.29 is 4.74 Å². The summed E-state index contributed by atoms with van der Waals surface area (Å²) < 4.78 is 5.22. The zero-order chi connectivity index (χ0) is 9.31. The highest BCUT2D eigenvalue weighted by atomic mass is 16.5. The van der Waals surface area contributed by atoms with Crippen LogP contribution in [-0.2, 0) is 5.41 Å². The summed E-state index contributed by atoms with van der Waals surface area (Å²) in [5.74, 6) is 3.60. The van der Waals surface area contributed by atoms with Gasteiger partial charge in [-0.25, -0.2) is 0 Å². The minimum atomic E-state index is -0.132. The Labute approximate surface area is 77.9 Å². The van der Waals surface area contributed by atoms with E-state index in [9.17, 15) is 0 Å². The van der Waals surface area contributed by atoms with Gasteiger partial charge in [-0.05, 0) is 25.0 Å². The Kier molecular flexibility index (Phi) is 1.73. The summed E-state index contributed by atoms with van der Waals surface area (Å²) in [5, 5.41) is 0. The maximum atomic E-state index is 5.48. The molecule has 0 aromatic carbocycles. The molecule has 66 valence electrons. The Hall–Kier alpha value is -1.49. The molecule has 1 aliphatic carbocycles. The maximum Gasteiger partial charge on any atom is 0.141 e. The van der Waals surface area contributed by atoms with E-state index >= 15 is 0 Å². The molecule has 0 radical (unpaired) electrons. The molecule has 1 aromatic rings. The normalized spacial score (nSPS) is 17.5. The average Bonchev–Trinajstić information content (AvgIpc) is 2.98. The lowest BCUT2D eigenvalue weighted by atomic mass is 10.0. The third-order valence-corrected chi connectivity index (χ3v) is 2.47. The molecule has 0 saturated heterocycles. The molecule has 1 heterocycles. The Morgan fingerprint density at radius 1 is 1.62 bits per heavy atom. The number of rotatable bonds is 2. The Bertz CT molecular complexity index is 361. The van der Waals surface area contributed by atoms with Gasteiger partial charge in [0.05, 0.1) is 12.5 Å². The average molecular weight is 173 g/mol. The summed E-state index contributed by atoms with van der Waals surface area (Å²) in [7, 11) is 1.65. The number of ether oxygens (including phenoxy) is 1. The number of methoxy groups -OCH3 is 1. The van der Waals surface area contributed by atoms with Crippen molar-refractivity contribution in [1.29, 1.82) is 0 Å². The van der Waals surface area contributed by atoms with E-state index in [1.807, 2.05) is 12.1 Å². The van der Waals surface area contributed by atoms with E-state index in [2.05, 4.69) is 10.9 Å². The molecule has 13 heavy (non-hydrogen) atoms. The molecule has 2 nitrogen and oxygen atoms in total. The second kappa shape index (κ2) is 2.77. The van der Waals surface area contributed by atoms with Crippen LogP contribution in [0.25, 0.3) is 0 Å². The van der Waals surface area contributed by atoms with Gasteiger partial charge in [-0.15, -0.1) is 6.42 Å². The lowest BCUT2D eigenvalue weighted by molar-refractivity contribution is 0.404. The van der Waals surface area contributed by atoms with Crippen LogP contribution < -0.4 is 4.74 Å². The molecule has 0 spiro atoms. The zero-order valence-electron chi connectivity index (χ0n) is 7.58. The van der Waals surface area contributed by atoms with E-state index in [1.165, 1.54) is 0 Å². The highest BCUT2D eigenvalue weighted by molar-refractivity contribution is 5.44. The second-order valence-electron chi connectivity index (χ2n) is 3.28. The van der Waals surface area contributed by atoms with Crippen molar-refractivity contribution in [3.05, 3.63) is 24.0 Å². The molecule has 0 N–H and O–H groups in total. The fourth-order valence-electron chi connectivity index (χ4n) is 1.49. The van der Waals surface area contributed by atoms with Gasteiger partial charge < -0.3 is 4.74 Å². The quantitative estimate of drug-likeness (QED) is 0.636. The van der Waals surface area contributed by atoms with E-state index < -0.39 is 0 Å². The van der Waals surface area contributed by atoms with Gasteiger partial charge in [0, 0.05) is 6.20 Å². The Morgan fingerprint density at radius 2 is 2.38 bits per heavy atom. The maximum absolute atomic E-state index is 5.48. The van der Waals surface area contributed by atoms with Gasteiger partial charge in [0.2, 0.25) is 0 Å². The van der Waals surface area contributed by atoms with Crippen LogP contribution in [0.1, 0.15) is 18.5 Å². The molecular weight excluding hydrogens is 162 g/mol. The lowest BCUT2D eigenvalue weighted by Crippen LogP contribution is -2.07. The van der Waals surface area contributed by atoms with Gasteiger partial charge in [0.25, 0.3) is 0 Å². The van der Waals surface area contributed by atoms with E-state index in [1.54, 1.807) is 13.3 Å². The first-order chi connectivity index (χ1) is 6.32. The third kappa shape index (κ3) is 1.17. The van der Waals surface area contributed by atoms with Crippen LogP contribution in [-0.4, -0.2) is 12.1 Å². The predicted molar refractivity (Wildman–Crippen MR) is 50.5 cm³/mol. The van der Waals surface area contributed by atoms with Crippen LogP contribution in [0, 0.1) is 12.3 Å². The molecule has 0 aliphatic heterocycles. The topological polar surface area (TPSA) is 22.1 Å². The van der Waals surface area contributed by atoms with Gasteiger partial charge >= 0.3 is 0 Å². The van der Waals surface area contributed by atoms with Crippen LogP contribution in [0.15, 0.2) is 18.3 Å².